The number of piperazine rings is 1. The van der Waals surface area contributed by atoms with Crippen LogP contribution in [0, 0.1) is 0 Å². The Morgan fingerprint density at radius 3 is 2.95 bits per heavy atom. The fourth-order valence-electron chi connectivity index (χ4n) is 2.24. The number of nitrogen functional groups attached to an aromatic ring is 1. The molecular weight excluding hydrogens is 246 g/mol. The van der Waals surface area contributed by atoms with E-state index in [4.69, 9.17) is 10.5 Å². The molecule has 6 nitrogen and oxygen atoms in total. The number of carbonyl (C=O) groups is 2. The van der Waals surface area contributed by atoms with E-state index in [0.29, 0.717) is 30.0 Å². The highest BCUT2D eigenvalue weighted by Gasteiger charge is 2.30. The van der Waals surface area contributed by atoms with E-state index in [1.54, 1.807) is 25.1 Å². The first-order valence-corrected chi connectivity index (χ1v) is 6.07. The van der Waals surface area contributed by atoms with Gasteiger partial charge in [0.2, 0.25) is 5.91 Å². The van der Waals surface area contributed by atoms with Gasteiger partial charge in [-0.15, -0.1) is 0 Å². The van der Waals surface area contributed by atoms with Gasteiger partial charge in [-0.25, -0.2) is 4.79 Å². The maximum atomic E-state index is 11.8. The number of anilines is 2. The van der Waals surface area contributed by atoms with Crippen molar-refractivity contribution in [1.29, 1.82) is 0 Å². The molecule has 102 valence electrons. The van der Waals surface area contributed by atoms with Gasteiger partial charge in [0.25, 0.3) is 0 Å². The predicted octanol–water partition coefficient (Wildman–Crippen LogP) is 0.380. The molecule has 2 rings (SSSR count). The standard InChI is InChI=1S/C13H17N3O3/c1-8-12(17)15-6-7-16(8)11-9(13(18)19-2)4-3-5-10(11)14/h3-5,8H,6-7,14H2,1-2H3,(H,15,17). The van der Waals surface area contributed by atoms with Gasteiger partial charge < -0.3 is 20.7 Å². The third-order valence-electron chi connectivity index (χ3n) is 3.26. The summed E-state index contributed by atoms with van der Waals surface area (Å²) in [5.74, 6) is -0.536. The lowest BCUT2D eigenvalue weighted by Crippen LogP contribution is -2.54. The van der Waals surface area contributed by atoms with E-state index >= 15 is 0 Å². The average Bonchev–Trinajstić information content (AvgIpc) is 2.41. The molecule has 1 aromatic rings. The van der Waals surface area contributed by atoms with Crippen LogP contribution in [0.3, 0.4) is 0 Å². The highest BCUT2D eigenvalue weighted by molar-refractivity contribution is 6.00. The molecule has 3 N–H and O–H groups in total. The van der Waals surface area contributed by atoms with Crippen LogP contribution in [0.5, 0.6) is 0 Å². The van der Waals surface area contributed by atoms with Crippen LogP contribution in [0.2, 0.25) is 0 Å². The van der Waals surface area contributed by atoms with Crippen molar-refractivity contribution in [3.63, 3.8) is 0 Å². The van der Waals surface area contributed by atoms with Crippen LogP contribution >= 0.6 is 0 Å². The minimum Gasteiger partial charge on any atom is -0.465 e. The van der Waals surface area contributed by atoms with Crippen LogP contribution in [0.4, 0.5) is 11.4 Å². The SMILES string of the molecule is COC(=O)c1cccc(N)c1N1CCNC(=O)C1C. The van der Waals surface area contributed by atoms with E-state index in [1.165, 1.54) is 7.11 Å². The van der Waals surface area contributed by atoms with E-state index in [-0.39, 0.29) is 11.9 Å². The van der Waals surface area contributed by atoms with Crippen molar-refractivity contribution in [3.05, 3.63) is 23.8 Å². The second kappa shape index (κ2) is 5.17. The first kappa shape index (κ1) is 13.2. The molecule has 1 unspecified atom stereocenters. The van der Waals surface area contributed by atoms with Crippen molar-refractivity contribution in [1.82, 2.24) is 5.32 Å². The number of amides is 1. The molecular formula is C13H17N3O3. The zero-order valence-electron chi connectivity index (χ0n) is 11.0. The number of benzene rings is 1. The molecule has 0 spiro atoms. The number of carbonyl (C=O) groups excluding carboxylic acids is 2. The molecule has 0 saturated carbocycles. The van der Waals surface area contributed by atoms with E-state index in [1.807, 2.05) is 4.90 Å². The topological polar surface area (TPSA) is 84.7 Å². The summed E-state index contributed by atoms with van der Waals surface area (Å²) >= 11 is 0. The Morgan fingerprint density at radius 2 is 2.26 bits per heavy atom. The smallest absolute Gasteiger partial charge is 0.340 e. The van der Waals surface area contributed by atoms with Crippen LogP contribution in [0.15, 0.2) is 18.2 Å². The van der Waals surface area contributed by atoms with Gasteiger partial charge in [-0.3, -0.25) is 4.79 Å². The maximum absolute atomic E-state index is 11.8. The Balaban J connectivity index is 2.48. The summed E-state index contributed by atoms with van der Waals surface area (Å²) in [7, 11) is 1.32. The Kier molecular flexibility index (Phi) is 3.59. The zero-order chi connectivity index (χ0) is 14.0. The number of rotatable bonds is 2. The lowest BCUT2D eigenvalue weighted by molar-refractivity contribution is -0.122. The number of hydrogen-bond acceptors (Lipinski definition) is 5. The fourth-order valence-corrected chi connectivity index (χ4v) is 2.24. The highest BCUT2D eigenvalue weighted by atomic mass is 16.5. The Hall–Kier alpha value is -2.24. The molecule has 6 heteroatoms. The molecule has 1 aliphatic heterocycles. The predicted molar refractivity (Wildman–Crippen MR) is 72.0 cm³/mol. The molecule has 1 amide bonds. The van der Waals surface area contributed by atoms with Gasteiger partial charge in [-0.2, -0.15) is 0 Å². The molecule has 0 bridgehead atoms. The van der Waals surface area contributed by atoms with Gasteiger partial charge in [-0.1, -0.05) is 6.07 Å². The van der Waals surface area contributed by atoms with E-state index in [9.17, 15) is 9.59 Å². The number of esters is 1. The minimum absolute atomic E-state index is 0.0784. The molecule has 1 atom stereocenters. The fraction of sp³-hybridized carbons (Fsp3) is 0.385. The molecule has 0 aliphatic carbocycles. The summed E-state index contributed by atoms with van der Waals surface area (Å²) < 4.78 is 4.76. The van der Waals surface area contributed by atoms with E-state index < -0.39 is 5.97 Å². The van der Waals surface area contributed by atoms with Crippen molar-refractivity contribution in [2.24, 2.45) is 0 Å². The van der Waals surface area contributed by atoms with Crippen LogP contribution in [0.1, 0.15) is 17.3 Å². The van der Waals surface area contributed by atoms with Gasteiger partial charge in [0.1, 0.15) is 6.04 Å². The Labute approximate surface area is 111 Å². The summed E-state index contributed by atoms with van der Waals surface area (Å²) in [5, 5.41) is 2.78. The van der Waals surface area contributed by atoms with Gasteiger partial charge in [0.15, 0.2) is 0 Å². The first-order chi connectivity index (χ1) is 9.06. The third-order valence-corrected chi connectivity index (χ3v) is 3.26. The molecule has 19 heavy (non-hydrogen) atoms. The molecule has 1 fully saturated rings. The Morgan fingerprint density at radius 1 is 1.53 bits per heavy atom. The van der Waals surface area contributed by atoms with Crippen molar-refractivity contribution in [2.75, 3.05) is 30.8 Å². The molecule has 1 aliphatic rings. The third kappa shape index (κ3) is 2.33. The summed E-state index contributed by atoms with van der Waals surface area (Å²) in [6.45, 7) is 2.91. The molecule has 0 aromatic heterocycles. The number of nitrogens with two attached hydrogens (primary N) is 1. The lowest BCUT2D eigenvalue weighted by Gasteiger charge is -2.36. The summed E-state index contributed by atoms with van der Waals surface area (Å²) in [6, 6.07) is 4.68. The number of nitrogens with one attached hydrogen (secondary N) is 1. The van der Waals surface area contributed by atoms with Crippen LogP contribution in [0.25, 0.3) is 0 Å². The monoisotopic (exact) mass is 263 g/mol. The second-order valence-electron chi connectivity index (χ2n) is 4.40. The van der Waals surface area contributed by atoms with E-state index in [0.717, 1.165) is 0 Å². The largest absolute Gasteiger partial charge is 0.465 e. The quantitative estimate of drug-likeness (QED) is 0.595. The van der Waals surface area contributed by atoms with Crippen molar-refractivity contribution >= 4 is 23.3 Å². The maximum Gasteiger partial charge on any atom is 0.340 e. The molecule has 0 radical (unpaired) electrons. The Bertz CT molecular complexity index is 516. The second-order valence-corrected chi connectivity index (χ2v) is 4.40. The van der Waals surface area contributed by atoms with Crippen molar-refractivity contribution in [3.8, 4) is 0 Å². The van der Waals surface area contributed by atoms with Crippen molar-refractivity contribution in [2.45, 2.75) is 13.0 Å². The molecule has 1 heterocycles. The van der Waals surface area contributed by atoms with E-state index in [2.05, 4.69) is 5.32 Å². The van der Waals surface area contributed by atoms with Gasteiger partial charge in [0, 0.05) is 13.1 Å². The van der Waals surface area contributed by atoms with Crippen molar-refractivity contribution < 1.29 is 14.3 Å². The molecule has 1 aromatic carbocycles. The number of ether oxygens (including phenoxy) is 1. The zero-order valence-corrected chi connectivity index (χ0v) is 11.0. The summed E-state index contributed by atoms with van der Waals surface area (Å²) in [6.07, 6.45) is 0. The average molecular weight is 263 g/mol. The van der Waals surface area contributed by atoms with Crippen LogP contribution < -0.4 is 16.0 Å². The lowest BCUT2D eigenvalue weighted by atomic mass is 10.1. The number of para-hydroxylation sites is 1. The number of methoxy groups -OCH3 is 1. The van der Waals surface area contributed by atoms with Crippen LogP contribution in [-0.2, 0) is 9.53 Å². The van der Waals surface area contributed by atoms with Gasteiger partial charge in [-0.05, 0) is 19.1 Å². The van der Waals surface area contributed by atoms with Crippen LogP contribution in [-0.4, -0.2) is 38.1 Å². The number of nitrogens with zero attached hydrogens (tertiary/aromatic N) is 1. The minimum atomic E-state index is -0.458. The molecule has 1 saturated heterocycles. The highest BCUT2D eigenvalue weighted by Crippen LogP contribution is 2.30. The summed E-state index contributed by atoms with van der Waals surface area (Å²) in [4.78, 5) is 25.4. The number of hydrogen-bond donors (Lipinski definition) is 2. The normalized spacial score (nSPS) is 18.9. The van der Waals surface area contributed by atoms with Gasteiger partial charge in [0.05, 0.1) is 24.0 Å². The van der Waals surface area contributed by atoms with Gasteiger partial charge >= 0.3 is 5.97 Å². The summed E-state index contributed by atoms with van der Waals surface area (Å²) in [5.41, 5.74) is 7.38. The first-order valence-electron chi connectivity index (χ1n) is 6.07.